The van der Waals surface area contributed by atoms with Gasteiger partial charge in [-0.05, 0) is 43.3 Å². The highest BCUT2D eigenvalue weighted by Crippen LogP contribution is 2.23. The third-order valence-corrected chi connectivity index (χ3v) is 5.44. The lowest BCUT2D eigenvalue weighted by Gasteiger charge is -2.37. The maximum atomic E-state index is 12.7. The normalized spacial score (nSPS) is 16.2. The smallest absolute Gasteiger partial charge is 0.241 e. The maximum Gasteiger partial charge on any atom is 0.241 e. The summed E-state index contributed by atoms with van der Waals surface area (Å²) < 4.78 is 11.1. The van der Waals surface area contributed by atoms with E-state index in [9.17, 15) is 4.79 Å². The molecule has 29 heavy (non-hydrogen) atoms. The summed E-state index contributed by atoms with van der Waals surface area (Å²) in [6, 6.07) is 14.7. The van der Waals surface area contributed by atoms with E-state index in [0.717, 1.165) is 38.5 Å². The van der Waals surface area contributed by atoms with Crippen LogP contribution in [-0.4, -0.2) is 68.2 Å². The van der Waals surface area contributed by atoms with Gasteiger partial charge in [-0.25, -0.2) is 0 Å². The van der Waals surface area contributed by atoms with Gasteiger partial charge in [-0.1, -0.05) is 23.7 Å². The van der Waals surface area contributed by atoms with Gasteiger partial charge in [-0.2, -0.15) is 0 Å². The summed E-state index contributed by atoms with van der Waals surface area (Å²) in [7, 11) is 1.60. The first-order chi connectivity index (χ1) is 14.1. The summed E-state index contributed by atoms with van der Waals surface area (Å²) in [5.41, 5.74) is 0.699. The molecular weight excluding hydrogens is 390 g/mol. The Labute approximate surface area is 177 Å². The highest BCUT2D eigenvalue weighted by atomic mass is 35.5. The van der Waals surface area contributed by atoms with E-state index in [1.165, 1.54) is 0 Å². The van der Waals surface area contributed by atoms with Crippen LogP contribution < -0.4 is 14.8 Å². The predicted octanol–water partition coefficient (Wildman–Crippen LogP) is 3.37. The SMILES string of the molecule is COc1ccccc1NC(=O)[C@H](C)N1CCN(CCOc2ccc(Cl)cc2)CC1. The molecule has 0 bridgehead atoms. The average Bonchev–Trinajstić information content (AvgIpc) is 2.75. The first kappa shape index (κ1) is 21.4. The predicted molar refractivity (Wildman–Crippen MR) is 116 cm³/mol. The van der Waals surface area contributed by atoms with Crippen molar-refractivity contribution in [2.75, 3.05) is 51.8 Å². The van der Waals surface area contributed by atoms with Crippen molar-refractivity contribution in [3.05, 3.63) is 53.6 Å². The fourth-order valence-electron chi connectivity index (χ4n) is 3.35. The van der Waals surface area contributed by atoms with Gasteiger partial charge in [0.15, 0.2) is 0 Å². The van der Waals surface area contributed by atoms with Crippen LogP contribution in [0.3, 0.4) is 0 Å². The molecule has 1 fully saturated rings. The molecule has 1 amide bonds. The zero-order chi connectivity index (χ0) is 20.6. The second kappa shape index (κ2) is 10.5. The Morgan fingerprint density at radius 1 is 1.10 bits per heavy atom. The minimum atomic E-state index is -0.202. The third kappa shape index (κ3) is 6.10. The number of hydrogen-bond acceptors (Lipinski definition) is 5. The van der Waals surface area contributed by atoms with E-state index in [1.807, 2.05) is 55.5 Å². The van der Waals surface area contributed by atoms with Crippen LogP contribution in [0.4, 0.5) is 5.69 Å². The molecule has 1 N–H and O–H groups in total. The molecule has 7 heteroatoms. The van der Waals surface area contributed by atoms with Crippen LogP contribution >= 0.6 is 11.6 Å². The zero-order valence-electron chi connectivity index (χ0n) is 16.9. The van der Waals surface area contributed by atoms with Gasteiger partial charge in [0.05, 0.1) is 18.8 Å². The number of ether oxygens (including phenoxy) is 2. The van der Waals surface area contributed by atoms with Gasteiger partial charge in [-0.15, -0.1) is 0 Å². The summed E-state index contributed by atoms with van der Waals surface area (Å²) >= 11 is 5.89. The van der Waals surface area contributed by atoms with Gasteiger partial charge in [0.25, 0.3) is 0 Å². The molecule has 6 nitrogen and oxygen atoms in total. The third-order valence-electron chi connectivity index (χ3n) is 5.19. The summed E-state index contributed by atoms with van der Waals surface area (Å²) in [4.78, 5) is 17.2. The quantitative estimate of drug-likeness (QED) is 0.713. The minimum absolute atomic E-state index is 0.0194. The largest absolute Gasteiger partial charge is 0.495 e. The first-order valence-corrected chi connectivity index (χ1v) is 10.2. The second-order valence-electron chi connectivity index (χ2n) is 7.05. The Morgan fingerprint density at radius 2 is 1.79 bits per heavy atom. The number of rotatable bonds is 8. The summed E-state index contributed by atoms with van der Waals surface area (Å²) in [6.45, 7) is 6.96. The minimum Gasteiger partial charge on any atom is -0.495 e. The van der Waals surface area contributed by atoms with Gasteiger partial charge in [0, 0.05) is 37.7 Å². The molecule has 0 aliphatic carbocycles. The van der Waals surface area contributed by atoms with Crippen molar-refractivity contribution in [1.82, 2.24) is 9.80 Å². The number of benzene rings is 2. The highest BCUT2D eigenvalue weighted by Gasteiger charge is 2.26. The summed E-state index contributed by atoms with van der Waals surface area (Å²) in [6.07, 6.45) is 0. The van der Waals surface area contributed by atoms with E-state index in [1.54, 1.807) is 7.11 Å². The Kier molecular flexibility index (Phi) is 7.75. The number of halogens is 1. The van der Waals surface area contributed by atoms with Crippen molar-refractivity contribution in [3.63, 3.8) is 0 Å². The van der Waals surface area contributed by atoms with Crippen LogP contribution in [0.25, 0.3) is 0 Å². The van der Waals surface area contributed by atoms with Crippen LogP contribution in [-0.2, 0) is 4.79 Å². The number of carbonyl (C=O) groups is 1. The van der Waals surface area contributed by atoms with Gasteiger partial charge in [0.1, 0.15) is 18.1 Å². The Bertz CT molecular complexity index is 792. The lowest BCUT2D eigenvalue weighted by molar-refractivity contribution is -0.121. The van der Waals surface area contributed by atoms with Gasteiger partial charge >= 0.3 is 0 Å². The number of nitrogens with one attached hydrogen (secondary N) is 1. The standard InChI is InChI=1S/C22H28ClN3O3/c1-17(22(27)24-20-5-3-4-6-21(20)28-2)26-13-11-25(12-14-26)15-16-29-19-9-7-18(23)8-10-19/h3-10,17H,11-16H2,1-2H3,(H,24,27)/t17-/m0/s1. The van der Waals surface area contributed by atoms with E-state index in [2.05, 4.69) is 15.1 Å². The van der Waals surface area contributed by atoms with Crippen LogP contribution in [0.1, 0.15) is 6.92 Å². The number of nitrogens with zero attached hydrogens (tertiary/aromatic N) is 2. The number of hydrogen-bond donors (Lipinski definition) is 1. The van der Waals surface area contributed by atoms with Crippen molar-refractivity contribution < 1.29 is 14.3 Å². The highest BCUT2D eigenvalue weighted by molar-refractivity contribution is 6.30. The monoisotopic (exact) mass is 417 g/mol. The Morgan fingerprint density at radius 3 is 2.48 bits per heavy atom. The summed E-state index contributed by atoms with van der Waals surface area (Å²) in [5, 5.41) is 3.68. The molecule has 3 rings (SSSR count). The van der Waals surface area contributed by atoms with Crippen LogP contribution in [0.2, 0.25) is 5.02 Å². The molecule has 0 aromatic heterocycles. The van der Waals surface area contributed by atoms with E-state index < -0.39 is 0 Å². The maximum absolute atomic E-state index is 12.7. The molecule has 156 valence electrons. The Balaban J connectivity index is 1.41. The number of piperazine rings is 1. The number of methoxy groups -OCH3 is 1. The zero-order valence-corrected chi connectivity index (χ0v) is 17.7. The fourth-order valence-corrected chi connectivity index (χ4v) is 3.47. The average molecular weight is 418 g/mol. The van der Waals surface area contributed by atoms with E-state index in [4.69, 9.17) is 21.1 Å². The van der Waals surface area contributed by atoms with Crippen LogP contribution in [0.15, 0.2) is 48.5 Å². The molecular formula is C22H28ClN3O3. The molecule has 0 radical (unpaired) electrons. The van der Waals surface area contributed by atoms with E-state index in [0.29, 0.717) is 23.1 Å². The van der Waals surface area contributed by atoms with Gasteiger partial charge < -0.3 is 14.8 Å². The molecule has 1 heterocycles. The van der Waals surface area contributed by atoms with Gasteiger partial charge in [-0.3, -0.25) is 14.6 Å². The number of carbonyl (C=O) groups excluding carboxylic acids is 1. The van der Waals surface area contributed by atoms with Gasteiger partial charge in [0.2, 0.25) is 5.91 Å². The van der Waals surface area contributed by atoms with Crippen molar-refractivity contribution in [2.45, 2.75) is 13.0 Å². The first-order valence-electron chi connectivity index (χ1n) is 9.85. The lowest BCUT2D eigenvalue weighted by Crippen LogP contribution is -2.53. The van der Waals surface area contributed by atoms with Crippen molar-refractivity contribution >= 4 is 23.2 Å². The molecule has 1 aliphatic heterocycles. The van der Waals surface area contributed by atoms with E-state index >= 15 is 0 Å². The number of anilines is 1. The molecule has 1 atom stereocenters. The fraction of sp³-hybridized carbons (Fsp3) is 0.409. The topological polar surface area (TPSA) is 54.0 Å². The van der Waals surface area contributed by atoms with Crippen molar-refractivity contribution in [1.29, 1.82) is 0 Å². The molecule has 0 saturated carbocycles. The van der Waals surface area contributed by atoms with Crippen LogP contribution in [0, 0.1) is 0 Å². The number of amides is 1. The summed E-state index contributed by atoms with van der Waals surface area (Å²) in [5.74, 6) is 1.47. The van der Waals surface area contributed by atoms with Crippen molar-refractivity contribution in [3.8, 4) is 11.5 Å². The van der Waals surface area contributed by atoms with Crippen molar-refractivity contribution in [2.24, 2.45) is 0 Å². The Hall–Kier alpha value is -2.28. The van der Waals surface area contributed by atoms with Crippen LogP contribution in [0.5, 0.6) is 11.5 Å². The molecule has 1 aliphatic rings. The number of para-hydroxylation sites is 2. The molecule has 2 aromatic carbocycles. The molecule has 0 unspecified atom stereocenters. The lowest BCUT2D eigenvalue weighted by atomic mass is 10.2. The second-order valence-corrected chi connectivity index (χ2v) is 7.48. The molecule has 0 spiro atoms. The molecule has 1 saturated heterocycles. The molecule has 2 aromatic rings. The van der Waals surface area contributed by atoms with E-state index in [-0.39, 0.29) is 11.9 Å².